The van der Waals surface area contributed by atoms with E-state index in [1.54, 1.807) is 6.07 Å². The van der Waals surface area contributed by atoms with Crippen molar-refractivity contribution in [3.63, 3.8) is 0 Å². The Labute approximate surface area is 120 Å². The van der Waals surface area contributed by atoms with Crippen molar-refractivity contribution < 1.29 is 19.7 Å². The molecule has 0 aromatic heterocycles. The molecule has 0 bridgehead atoms. The Morgan fingerprint density at radius 2 is 1.60 bits per heavy atom. The Balaban J connectivity index is 3.69. The normalized spacial score (nSPS) is 12.3. The summed E-state index contributed by atoms with van der Waals surface area (Å²) in [6.45, 7) is 12.2. The Morgan fingerprint density at radius 1 is 1.05 bits per heavy atom. The summed E-state index contributed by atoms with van der Waals surface area (Å²) >= 11 is 0. The molecule has 112 valence electrons. The summed E-state index contributed by atoms with van der Waals surface area (Å²) in [5.41, 5.74) is 1.52. The van der Waals surface area contributed by atoms with Gasteiger partial charge in [-0.2, -0.15) is 4.89 Å². The highest BCUT2D eigenvalue weighted by atomic mass is 17.2. The third-order valence-electron chi connectivity index (χ3n) is 3.16. The molecule has 0 saturated carbocycles. The molecule has 1 aromatic rings. The number of hydrogen-bond acceptors (Lipinski definition) is 3. The number of carboxylic acid groups (broad SMARTS) is 1. The maximum absolute atomic E-state index is 11.5. The van der Waals surface area contributed by atoms with Gasteiger partial charge in [-0.1, -0.05) is 47.6 Å². The van der Waals surface area contributed by atoms with E-state index in [2.05, 4.69) is 20.8 Å². The maximum Gasteiger partial charge on any atom is 0.339 e. The van der Waals surface area contributed by atoms with Gasteiger partial charge in [0.2, 0.25) is 0 Å². The van der Waals surface area contributed by atoms with E-state index in [1.165, 1.54) is 7.11 Å². The number of hydrogen-bond donors (Lipinski definition) is 1. The van der Waals surface area contributed by atoms with E-state index < -0.39 is 5.97 Å². The molecule has 0 spiro atoms. The topological polar surface area (TPSA) is 55.8 Å². The summed E-state index contributed by atoms with van der Waals surface area (Å²) < 4.78 is 0. The molecule has 0 atom stereocenters. The largest absolute Gasteiger partial charge is 0.478 e. The molecule has 20 heavy (non-hydrogen) atoms. The minimum atomic E-state index is -1.02. The Kier molecular flexibility index (Phi) is 4.49. The second kappa shape index (κ2) is 5.44. The molecule has 1 aromatic carbocycles. The van der Waals surface area contributed by atoms with Crippen LogP contribution in [0.4, 0.5) is 0 Å². The summed E-state index contributed by atoms with van der Waals surface area (Å²) in [7, 11) is 1.37. The molecular formula is C16H24O4. The molecular weight excluding hydrogens is 256 g/mol. The van der Waals surface area contributed by atoms with Crippen molar-refractivity contribution >= 4 is 5.97 Å². The molecule has 0 amide bonds. The van der Waals surface area contributed by atoms with Crippen molar-refractivity contribution in [2.45, 2.75) is 52.4 Å². The fraction of sp³-hybridized carbons (Fsp3) is 0.562. The van der Waals surface area contributed by atoms with Crippen LogP contribution in [0, 0.1) is 0 Å². The first kappa shape index (κ1) is 16.5. The van der Waals surface area contributed by atoms with Gasteiger partial charge in [-0.15, -0.1) is 0 Å². The third kappa shape index (κ3) is 3.51. The minimum absolute atomic E-state index is 0.129. The van der Waals surface area contributed by atoms with Crippen LogP contribution in [-0.4, -0.2) is 18.2 Å². The van der Waals surface area contributed by atoms with E-state index in [9.17, 15) is 9.90 Å². The lowest BCUT2D eigenvalue weighted by Crippen LogP contribution is -2.20. The molecule has 0 fully saturated rings. The van der Waals surface area contributed by atoms with Crippen LogP contribution in [0.5, 0.6) is 5.75 Å². The van der Waals surface area contributed by atoms with Crippen LogP contribution < -0.4 is 4.89 Å². The lowest BCUT2D eigenvalue weighted by Gasteiger charge is -2.27. The van der Waals surface area contributed by atoms with Gasteiger partial charge < -0.3 is 9.99 Å². The second-order valence-corrected chi connectivity index (χ2v) is 6.96. The molecule has 0 saturated heterocycles. The lowest BCUT2D eigenvalue weighted by atomic mass is 9.79. The van der Waals surface area contributed by atoms with Crippen molar-refractivity contribution in [1.29, 1.82) is 0 Å². The van der Waals surface area contributed by atoms with Crippen molar-refractivity contribution in [3.8, 4) is 5.75 Å². The number of rotatable bonds is 3. The molecule has 0 aliphatic heterocycles. The highest BCUT2D eigenvalue weighted by Gasteiger charge is 2.28. The van der Waals surface area contributed by atoms with Crippen molar-refractivity contribution in [2.24, 2.45) is 0 Å². The smallest absolute Gasteiger partial charge is 0.339 e. The number of aromatic carboxylic acids is 1. The quantitative estimate of drug-likeness (QED) is 0.673. The van der Waals surface area contributed by atoms with Gasteiger partial charge in [0.15, 0.2) is 5.75 Å². The highest BCUT2D eigenvalue weighted by molar-refractivity contribution is 5.92. The summed E-state index contributed by atoms with van der Waals surface area (Å²) in [6.07, 6.45) is 0. The maximum atomic E-state index is 11.5. The molecule has 1 N–H and O–H groups in total. The lowest BCUT2D eigenvalue weighted by molar-refractivity contribution is -0.179. The van der Waals surface area contributed by atoms with Crippen LogP contribution in [0.3, 0.4) is 0 Å². The second-order valence-electron chi connectivity index (χ2n) is 6.96. The van der Waals surface area contributed by atoms with Crippen LogP contribution in [-0.2, 0) is 15.7 Å². The number of carboxylic acids is 1. The van der Waals surface area contributed by atoms with E-state index in [0.717, 1.165) is 11.1 Å². The molecule has 1 rings (SSSR count). The van der Waals surface area contributed by atoms with Crippen LogP contribution in [0.2, 0.25) is 0 Å². The highest BCUT2D eigenvalue weighted by Crippen LogP contribution is 2.38. The van der Waals surface area contributed by atoms with E-state index in [-0.39, 0.29) is 22.1 Å². The van der Waals surface area contributed by atoms with Gasteiger partial charge in [0, 0.05) is 5.56 Å². The van der Waals surface area contributed by atoms with Gasteiger partial charge in [0.25, 0.3) is 0 Å². The molecule has 4 heteroatoms. The van der Waals surface area contributed by atoms with Crippen LogP contribution >= 0.6 is 0 Å². The first-order valence-corrected chi connectivity index (χ1v) is 6.61. The zero-order valence-corrected chi connectivity index (χ0v) is 13.3. The number of benzene rings is 1. The molecule has 0 unspecified atom stereocenters. The number of carbonyl (C=O) groups is 1. The Bertz CT molecular complexity index is 504. The SMILES string of the molecule is COOc1c(C(=O)O)cc(C(C)(C)C)cc1C(C)(C)C. The fourth-order valence-electron chi connectivity index (χ4n) is 1.95. The molecule has 0 aliphatic carbocycles. The first-order chi connectivity index (χ1) is 8.98. The molecule has 0 aliphatic rings. The van der Waals surface area contributed by atoms with Gasteiger partial charge in [0.05, 0.1) is 7.11 Å². The summed E-state index contributed by atoms with van der Waals surface area (Å²) in [6, 6.07) is 3.66. The summed E-state index contributed by atoms with van der Waals surface area (Å²) in [4.78, 5) is 21.4. The minimum Gasteiger partial charge on any atom is -0.478 e. The molecule has 0 radical (unpaired) electrons. The van der Waals surface area contributed by atoms with Gasteiger partial charge in [-0.3, -0.25) is 0 Å². The van der Waals surface area contributed by atoms with Gasteiger partial charge in [0.1, 0.15) is 5.56 Å². The predicted molar refractivity (Wildman–Crippen MR) is 78.4 cm³/mol. The van der Waals surface area contributed by atoms with Gasteiger partial charge in [-0.25, -0.2) is 4.79 Å². The van der Waals surface area contributed by atoms with Gasteiger partial charge in [-0.05, 0) is 22.5 Å². The van der Waals surface area contributed by atoms with E-state index in [4.69, 9.17) is 9.78 Å². The van der Waals surface area contributed by atoms with E-state index in [0.29, 0.717) is 0 Å². The average molecular weight is 280 g/mol. The Hall–Kier alpha value is -1.55. The standard InChI is InChI=1S/C16H24O4/c1-15(2,3)10-8-11(14(17)18)13(20-19-7)12(9-10)16(4,5)6/h8-9H,1-7H3,(H,17,18). The predicted octanol–water partition coefficient (Wildman–Crippen LogP) is 3.92. The van der Waals surface area contributed by atoms with Gasteiger partial charge >= 0.3 is 5.97 Å². The molecule has 4 nitrogen and oxygen atoms in total. The zero-order valence-electron chi connectivity index (χ0n) is 13.3. The molecule has 0 heterocycles. The van der Waals surface area contributed by atoms with E-state index >= 15 is 0 Å². The first-order valence-electron chi connectivity index (χ1n) is 6.61. The monoisotopic (exact) mass is 280 g/mol. The Morgan fingerprint density at radius 3 is 1.95 bits per heavy atom. The van der Waals surface area contributed by atoms with Crippen LogP contribution in [0.15, 0.2) is 12.1 Å². The van der Waals surface area contributed by atoms with Crippen molar-refractivity contribution in [3.05, 3.63) is 28.8 Å². The van der Waals surface area contributed by atoms with Crippen LogP contribution in [0.25, 0.3) is 0 Å². The van der Waals surface area contributed by atoms with Crippen molar-refractivity contribution in [1.82, 2.24) is 0 Å². The fourth-order valence-corrected chi connectivity index (χ4v) is 1.95. The van der Waals surface area contributed by atoms with Crippen LogP contribution in [0.1, 0.15) is 63.0 Å². The zero-order chi connectivity index (χ0) is 15.7. The van der Waals surface area contributed by atoms with E-state index in [1.807, 2.05) is 26.8 Å². The average Bonchev–Trinajstić information content (AvgIpc) is 2.26. The summed E-state index contributed by atoms with van der Waals surface area (Å²) in [5, 5.41) is 9.44. The third-order valence-corrected chi connectivity index (χ3v) is 3.16. The van der Waals surface area contributed by atoms with Crippen molar-refractivity contribution in [2.75, 3.05) is 7.11 Å². The summed E-state index contributed by atoms with van der Waals surface area (Å²) in [5.74, 6) is -0.742.